The lowest BCUT2D eigenvalue weighted by Crippen LogP contribution is -2.55. The van der Waals surface area contributed by atoms with E-state index in [1.807, 2.05) is 85.9 Å². The highest BCUT2D eigenvalue weighted by Gasteiger charge is 2.58. The summed E-state index contributed by atoms with van der Waals surface area (Å²) in [6.45, 7) is 10.6. The van der Waals surface area contributed by atoms with E-state index in [0.29, 0.717) is 72.8 Å². The molecule has 0 radical (unpaired) electrons. The van der Waals surface area contributed by atoms with Crippen molar-refractivity contribution in [2.45, 2.75) is 109 Å². The molecule has 1 saturated carbocycles. The van der Waals surface area contributed by atoms with Crippen LogP contribution < -0.4 is 60.5 Å². The zero-order valence-corrected chi connectivity index (χ0v) is 57.6. The van der Waals surface area contributed by atoms with Gasteiger partial charge in [-0.1, -0.05) is 99.3 Å². The summed E-state index contributed by atoms with van der Waals surface area (Å²) in [6.07, 6.45) is 3.25. The van der Waals surface area contributed by atoms with Gasteiger partial charge in [-0.15, -0.1) is 0 Å². The highest BCUT2D eigenvalue weighted by Crippen LogP contribution is 2.57. The summed E-state index contributed by atoms with van der Waals surface area (Å²) < 4.78 is 41.1. The summed E-state index contributed by atoms with van der Waals surface area (Å²) in [5.41, 5.74) is 7.52. The van der Waals surface area contributed by atoms with Crippen molar-refractivity contribution in [1.29, 1.82) is 0 Å². The first-order chi connectivity index (χ1) is 48.7. The molecule has 6 aromatic carbocycles. The van der Waals surface area contributed by atoms with Crippen LogP contribution in [0.3, 0.4) is 0 Å². The third-order valence-electron chi connectivity index (χ3n) is 19.0. The zero-order valence-electron chi connectivity index (χ0n) is 57.6. The summed E-state index contributed by atoms with van der Waals surface area (Å²) in [7, 11) is 4.57. The molecule has 8 amide bonds. The van der Waals surface area contributed by atoms with Gasteiger partial charge in [0.05, 0.1) is 75.7 Å². The number of aliphatic hydroxyl groups excluding tert-OH is 1. The largest absolute Gasteiger partial charge is 0.497 e. The van der Waals surface area contributed by atoms with Crippen molar-refractivity contribution in [3.8, 4) is 28.7 Å². The maximum atomic E-state index is 14.5. The predicted molar refractivity (Wildman–Crippen MR) is 377 cm³/mol. The van der Waals surface area contributed by atoms with Crippen LogP contribution in [0.25, 0.3) is 11.6 Å². The fourth-order valence-electron chi connectivity index (χ4n) is 13.1. The third kappa shape index (κ3) is 16.5. The number of amides is 8. The molecular weight excluding hydrogens is 1290 g/mol. The predicted octanol–water partition coefficient (Wildman–Crippen LogP) is 9.07. The lowest BCUT2D eigenvalue weighted by molar-refractivity contribution is -0.132. The highest BCUT2D eigenvalue weighted by atomic mass is 16.6. The van der Waals surface area contributed by atoms with E-state index in [1.54, 1.807) is 73.2 Å². The number of nitrogens with zero attached hydrogens (tertiary/aromatic N) is 3. The van der Waals surface area contributed by atoms with E-state index in [1.165, 1.54) is 33.3 Å². The number of nitrogens with one attached hydrogen (secondary N) is 6. The minimum Gasteiger partial charge on any atom is -0.497 e. The van der Waals surface area contributed by atoms with Gasteiger partial charge in [0.15, 0.2) is 29.2 Å². The maximum absolute atomic E-state index is 14.5. The van der Waals surface area contributed by atoms with Crippen LogP contribution in [-0.2, 0) is 41.7 Å². The first-order valence-corrected chi connectivity index (χ1v) is 33.7. The number of methoxy groups -OCH3 is 3. The summed E-state index contributed by atoms with van der Waals surface area (Å²) in [5.74, 6) is -1.64. The van der Waals surface area contributed by atoms with Gasteiger partial charge in [0.25, 0.3) is 11.8 Å². The fraction of sp³-hybridized carbons (Fsp3) is 0.368. The molecule has 2 fully saturated rings. The van der Waals surface area contributed by atoms with E-state index < -0.39 is 85.3 Å². The van der Waals surface area contributed by atoms with Crippen molar-refractivity contribution < 1.29 is 76.6 Å². The van der Waals surface area contributed by atoms with Crippen LogP contribution >= 0.6 is 0 Å². The van der Waals surface area contributed by atoms with Crippen LogP contribution in [0.5, 0.6) is 28.7 Å². The van der Waals surface area contributed by atoms with Crippen molar-refractivity contribution in [2.75, 3.05) is 76.3 Å². The first kappa shape index (κ1) is 71.2. The van der Waals surface area contributed by atoms with Gasteiger partial charge in [0, 0.05) is 55.5 Å². The van der Waals surface area contributed by atoms with Crippen molar-refractivity contribution in [2.24, 2.45) is 11.3 Å². The Morgan fingerprint density at radius 2 is 1.44 bits per heavy atom. The van der Waals surface area contributed by atoms with E-state index in [4.69, 9.17) is 33.2 Å². The van der Waals surface area contributed by atoms with Gasteiger partial charge in [0.1, 0.15) is 37.1 Å². The Morgan fingerprint density at radius 3 is 2.12 bits per heavy atom. The van der Waals surface area contributed by atoms with E-state index in [9.17, 15) is 43.5 Å². The first-order valence-electron chi connectivity index (χ1n) is 33.7. The average molecular weight is 1380 g/mol. The molecule has 4 aliphatic heterocycles. The molecule has 2 unspecified atom stereocenters. The number of anilines is 3. The Kier molecular flexibility index (Phi) is 22.1. The number of hydrogen-bond donors (Lipinski definition) is 7. The van der Waals surface area contributed by atoms with Crippen molar-refractivity contribution in [3.63, 3.8) is 0 Å². The topological polar surface area (TPSA) is 303 Å². The molecule has 0 aromatic heterocycles. The lowest BCUT2D eigenvalue weighted by atomic mass is 9.95. The molecule has 101 heavy (non-hydrogen) atoms. The molecule has 5 aliphatic rings. The van der Waals surface area contributed by atoms with E-state index in [0.717, 1.165) is 56.9 Å². The molecule has 530 valence electrons. The molecule has 6 atom stereocenters. The van der Waals surface area contributed by atoms with Gasteiger partial charge in [-0.3, -0.25) is 28.8 Å². The van der Waals surface area contributed by atoms with Gasteiger partial charge in [-0.25, -0.2) is 14.5 Å². The lowest BCUT2D eigenvalue weighted by Gasteiger charge is -2.31. The zero-order chi connectivity index (χ0) is 71.6. The Hall–Kier alpha value is -11.1. The number of aliphatic hydroxyl groups is 1. The molecule has 25 nitrogen and oxygen atoms in total. The van der Waals surface area contributed by atoms with E-state index in [2.05, 4.69) is 38.5 Å². The highest BCUT2D eigenvalue weighted by molar-refractivity contribution is 6.06. The van der Waals surface area contributed by atoms with Crippen LogP contribution in [0, 0.1) is 18.3 Å². The monoisotopic (exact) mass is 1380 g/mol. The summed E-state index contributed by atoms with van der Waals surface area (Å²) >= 11 is 0. The molecule has 7 N–H and O–H groups in total. The van der Waals surface area contributed by atoms with Gasteiger partial charge in [-0.2, -0.15) is 0 Å². The Morgan fingerprint density at radius 1 is 0.752 bits per heavy atom. The van der Waals surface area contributed by atoms with Gasteiger partial charge >= 0.3 is 12.2 Å². The minimum absolute atomic E-state index is 0.0606. The second kappa shape index (κ2) is 31.4. The van der Waals surface area contributed by atoms with Crippen LogP contribution in [0.1, 0.15) is 113 Å². The second-order valence-electron chi connectivity index (χ2n) is 26.2. The molecule has 0 bridgehead atoms. The molecule has 4 heterocycles. The van der Waals surface area contributed by atoms with E-state index >= 15 is 0 Å². The molecule has 11 rings (SSSR count). The average Bonchev–Trinajstić information content (AvgIpc) is 1.57. The molecule has 6 aromatic rings. The number of ether oxygens (including phenoxy) is 7. The standard InChI is InChI=1S/C76H85N9O16/c1-9-48-16-12-13-18-55(48)61(32-50-17-11-10-15-45(50)4)101-74(93)79-39-66(86)78-40-67(87)82-68(44(2)3)70(89)80-46(5)69(88)81-52-23-19-47(20-24-52)42-100-75(94)85-59-36-65(63(97-8)34-57(59)72(91)84-43-76(27-28-76)37-60(84)73(85)92)99-30-14-29-98-64-35-58-56(33-62(64)96-7)71(90)83-41-51(31-53(83)38-77-58)49-21-25-54(95-6)26-22-49/h9-13,15-26,33-36,41,44,46,53,60-61,68,73,77,92H,1,14,27-32,37-40,42-43H2,2-8H3,(H,78,86)(H,79,93)(H,80,89)(H,81,88)(H,82,87)/t46-,53-,60-,61?,68-,73?/m0/s1. The fourth-order valence-corrected chi connectivity index (χ4v) is 13.1. The second-order valence-corrected chi connectivity index (χ2v) is 26.2. The Labute approximate surface area is 585 Å². The number of carbonyl (C=O) groups excluding carboxylic acids is 8. The van der Waals surface area contributed by atoms with Gasteiger partial charge in [-0.05, 0) is 121 Å². The number of benzene rings is 6. The SMILES string of the molecule is C=Cc1ccccc1C(Cc1ccccc1C)OC(=O)NCC(=O)NCC(=O)N[C@H](C(=O)N[C@@H](C)C(=O)Nc1ccc(COC(=O)N2c3cc(OCCCOc4cc5c(cc4OC)C(=O)N4C=C(c6ccc(OC)cc6)C[C@H]4CN5)c(OC)cc3C(=O)N3CC4(CC4)C[C@H]3C2O)cc1)C(C)C. The number of hydrogen-bond acceptors (Lipinski definition) is 17. The number of fused-ring (bicyclic) bond motifs is 4. The summed E-state index contributed by atoms with van der Waals surface area (Å²) in [4.78, 5) is 114. The van der Waals surface area contributed by atoms with Crippen LogP contribution in [0.2, 0.25) is 0 Å². The molecule has 1 aliphatic carbocycles. The van der Waals surface area contributed by atoms with Crippen molar-refractivity contribution in [3.05, 3.63) is 179 Å². The van der Waals surface area contributed by atoms with Gasteiger partial charge in [0.2, 0.25) is 23.6 Å². The Balaban J connectivity index is 0.659. The van der Waals surface area contributed by atoms with Crippen LogP contribution in [0.4, 0.5) is 26.7 Å². The molecule has 1 spiro atoms. The molecular formula is C76H85N9O16. The number of rotatable bonds is 27. The van der Waals surface area contributed by atoms with Gasteiger partial charge < -0.3 is 80.0 Å². The minimum atomic E-state index is -1.50. The van der Waals surface area contributed by atoms with Crippen molar-refractivity contribution in [1.82, 2.24) is 31.1 Å². The maximum Gasteiger partial charge on any atom is 0.416 e. The molecule has 1 saturated heterocycles. The summed E-state index contributed by atoms with van der Waals surface area (Å²) in [5, 5.41) is 28.6. The quantitative estimate of drug-likeness (QED) is 0.0237. The van der Waals surface area contributed by atoms with E-state index in [-0.39, 0.29) is 65.8 Å². The van der Waals surface area contributed by atoms with Crippen LogP contribution in [0.15, 0.2) is 134 Å². The Bertz CT molecular complexity index is 4160. The molecule has 25 heteroatoms. The number of alkyl carbamates (subject to hydrolysis) is 1. The van der Waals surface area contributed by atoms with Crippen molar-refractivity contribution >= 4 is 76.3 Å². The summed E-state index contributed by atoms with van der Waals surface area (Å²) in [6, 6.07) is 32.7. The number of aryl methyl sites for hydroxylation is 1. The normalized spacial score (nSPS) is 17.7. The van der Waals surface area contributed by atoms with Crippen LogP contribution in [-0.4, -0.2) is 154 Å². The number of carbonyl (C=O) groups is 8. The third-order valence-corrected chi connectivity index (χ3v) is 19.0. The smallest absolute Gasteiger partial charge is 0.416 e.